The molecular formula is C18H17N3O3. The molecule has 0 saturated carbocycles. The zero-order valence-electron chi connectivity index (χ0n) is 13.1. The van der Waals surface area contributed by atoms with Crippen molar-refractivity contribution in [2.45, 2.75) is 6.92 Å². The second kappa shape index (κ2) is 7.23. The van der Waals surface area contributed by atoms with Crippen LogP contribution in [0.5, 0.6) is 0 Å². The summed E-state index contributed by atoms with van der Waals surface area (Å²) in [6.45, 7) is 1.61. The minimum atomic E-state index is -0.996. The molecule has 0 saturated heterocycles. The van der Waals surface area contributed by atoms with Crippen LogP contribution in [0.3, 0.4) is 0 Å². The van der Waals surface area contributed by atoms with Crippen LogP contribution in [0.2, 0.25) is 0 Å². The molecule has 5 N–H and O–H groups in total. The van der Waals surface area contributed by atoms with Crippen LogP contribution in [0.15, 0.2) is 59.1 Å². The van der Waals surface area contributed by atoms with Gasteiger partial charge in [-0.2, -0.15) is 4.99 Å². The SMILES string of the molecule is CC(=Cc1ccccc1-c1cccc(C(=O)O)c1)C(=O)N=C(N)N. The second-order valence-electron chi connectivity index (χ2n) is 5.14. The molecule has 0 unspecified atom stereocenters. The molecule has 0 aliphatic rings. The number of carbonyl (C=O) groups is 2. The average Bonchev–Trinajstić information content (AvgIpc) is 2.54. The van der Waals surface area contributed by atoms with Gasteiger partial charge in [0.25, 0.3) is 5.91 Å². The molecule has 0 aromatic heterocycles. The number of benzene rings is 2. The number of rotatable bonds is 4. The first-order chi connectivity index (χ1) is 11.4. The van der Waals surface area contributed by atoms with E-state index in [4.69, 9.17) is 16.6 Å². The lowest BCUT2D eigenvalue weighted by molar-refractivity contribution is -0.114. The molecule has 2 aromatic rings. The Bertz CT molecular complexity index is 850. The Balaban J connectivity index is 2.48. The Morgan fingerprint density at radius 1 is 1.08 bits per heavy atom. The maximum atomic E-state index is 11.9. The Morgan fingerprint density at radius 3 is 2.46 bits per heavy atom. The summed E-state index contributed by atoms with van der Waals surface area (Å²) in [6.07, 6.45) is 1.66. The van der Waals surface area contributed by atoms with Crippen molar-refractivity contribution < 1.29 is 14.7 Å². The lowest BCUT2D eigenvalue weighted by Crippen LogP contribution is -2.24. The van der Waals surface area contributed by atoms with E-state index in [1.165, 1.54) is 6.07 Å². The molecule has 0 radical (unpaired) electrons. The van der Waals surface area contributed by atoms with Crippen molar-refractivity contribution in [3.8, 4) is 11.1 Å². The van der Waals surface area contributed by atoms with Gasteiger partial charge in [0.2, 0.25) is 0 Å². The molecular weight excluding hydrogens is 306 g/mol. The molecule has 122 valence electrons. The lowest BCUT2D eigenvalue weighted by Gasteiger charge is -2.08. The molecule has 6 nitrogen and oxygen atoms in total. The normalized spacial score (nSPS) is 11.0. The summed E-state index contributed by atoms with van der Waals surface area (Å²) in [5.74, 6) is -1.82. The highest BCUT2D eigenvalue weighted by atomic mass is 16.4. The standard InChI is InChI=1S/C18H17N3O3/c1-11(16(22)21-18(19)20)9-12-5-2-3-8-15(12)13-6-4-7-14(10-13)17(23)24/h2-10H,1H3,(H,23,24)(H4,19,20,21,22). The van der Waals surface area contributed by atoms with Crippen LogP contribution in [-0.4, -0.2) is 22.9 Å². The van der Waals surface area contributed by atoms with Gasteiger partial charge in [-0.15, -0.1) is 0 Å². The molecule has 0 fully saturated rings. The van der Waals surface area contributed by atoms with Gasteiger partial charge in [0.15, 0.2) is 5.96 Å². The molecule has 0 atom stereocenters. The number of hydrogen-bond donors (Lipinski definition) is 3. The summed E-state index contributed by atoms with van der Waals surface area (Å²) >= 11 is 0. The number of nitrogens with two attached hydrogens (primary N) is 2. The first-order valence-corrected chi connectivity index (χ1v) is 7.13. The summed E-state index contributed by atoms with van der Waals surface area (Å²) in [4.78, 5) is 26.5. The highest BCUT2D eigenvalue weighted by molar-refractivity contribution is 6.04. The molecule has 1 amide bonds. The summed E-state index contributed by atoms with van der Waals surface area (Å²) in [6, 6.07) is 13.9. The third-order valence-corrected chi connectivity index (χ3v) is 3.32. The average molecular weight is 323 g/mol. The van der Waals surface area contributed by atoms with Crippen molar-refractivity contribution in [3.63, 3.8) is 0 Å². The largest absolute Gasteiger partial charge is 0.478 e. The van der Waals surface area contributed by atoms with Gasteiger partial charge in [0.1, 0.15) is 0 Å². The van der Waals surface area contributed by atoms with Crippen molar-refractivity contribution in [2.24, 2.45) is 16.5 Å². The molecule has 0 bridgehead atoms. The summed E-state index contributed by atoms with van der Waals surface area (Å²) in [7, 11) is 0. The first kappa shape index (κ1) is 17.0. The molecule has 0 heterocycles. The Labute approximate surface area is 139 Å². The summed E-state index contributed by atoms with van der Waals surface area (Å²) in [5.41, 5.74) is 13.3. The minimum Gasteiger partial charge on any atom is -0.478 e. The second-order valence-corrected chi connectivity index (χ2v) is 5.14. The van der Waals surface area contributed by atoms with E-state index in [0.29, 0.717) is 5.57 Å². The number of carboxylic acids is 1. The molecule has 6 heteroatoms. The third-order valence-electron chi connectivity index (χ3n) is 3.32. The number of hydrogen-bond acceptors (Lipinski definition) is 2. The zero-order valence-corrected chi connectivity index (χ0v) is 13.1. The number of amides is 1. The van der Waals surface area contributed by atoms with Crippen molar-refractivity contribution in [1.82, 2.24) is 0 Å². The number of aliphatic imine (C=N–C) groups is 1. The Morgan fingerprint density at radius 2 is 1.79 bits per heavy atom. The molecule has 2 aromatic carbocycles. The fraction of sp³-hybridized carbons (Fsp3) is 0.0556. The Hall–Kier alpha value is -3.41. The van der Waals surface area contributed by atoms with Crippen molar-refractivity contribution in [3.05, 3.63) is 65.2 Å². The van der Waals surface area contributed by atoms with Gasteiger partial charge in [-0.05, 0) is 41.8 Å². The van der Waals surface area contributed by atoms with E-state index < -0.39 is 11.9 Å². The van der Waals surface area contributed by atoms with Gasteiger partial charge in [0, 0.05) is 5.57 Å². The topological polar surface area (TPSA) is 119 Å². The van der Waals surface area contributed by atoms with Gasteiger partial charge >= 0.3 is 5.97 Å². The molecule has 0 aliphatic carbocycles. The maximum Gasteiger partial charge on any atom is 0.335 e. The quantitative estimate of drug-likeness (QED) is 0.453. The van der Waals surface area contributed by atoms with Gasteiger partial charge in [-0.3, -0.25) is 4.79 Å². The van der Waals surface area contributed by atoms with Gasteiger partial charge in [-0.1, -0.05) is 36.4 Å². The van der Waals surface area contributed by atoms with Gasteiger partial charge in [-0.25, -0.2) is 4.79 Å². The summed E-state index contributed by atoms with van der Waals surface area (Å²) in [5, 5.41) is 9.13. The van der Waals surface area contributed by atoms with E-state index in [-0.39, 0.29) is 11.5 Å². The molecule has 0 aliphatic heterocycles. The van der Waals surface area contributed by atoms with E-state index >= 15 is 0 Å². The van der Waals surface area contributed by atoms with E-state index in [1.54, 1.807) is 25.1 Å². The number of nitrogens with zero attached hydrogens (tertiary/aromatic N) is 1. The molecule has 2 rings (SSSR count). The van der Waals surface area contributed by atoms with Crippen LogP contribution in [0.25, 0.3) is 17.2 Å². The van der Waals surface area contributed by atoms with Crippen molar-refractivity contribution in [2.75, 3.05) is 0 Å². The number of guanidine groups is 1. The van der Waals surface area contributed by atoms with Crippen LogP contribution in [-0.2, 0) is 4.79 Å². The van der Waals surface area contributed by atoms with E-state index in [0.717, 1.165) is 16.7 Å². The van der Waals surface area contributed by atoms with Crippen LogP contribution in [0.4, 0.5) is 0 Å². The minimum absolute atomic E-state index is 0.194. The zero-order chi connectivity index (χ0) is 17.7. The van der Waals surface area contributed by atoms with Crippen LogP contribution >= 0.6 is 0 Å². The molecule has 0 spiro atoms. The van der Waals surface area contributed by atoms with Crippen LogP contribution in [0, 0.1) is 0 Å². The van der Waals surface area contributed by atoms with Crippen molar-refractivity contribution >= 4 is 23.9 Å². The first-order valence-electron chi connectivity index (χ1n) is 7.13. The fourth-order valence-electron chi connectivity index (χ4n) is 2.21. The van der Waals surface area contributed by atoms with E-state index in [9.17, 15) is 9.59 Å². The number of carbonyl (C=O) groups excluding carboxylic acids is 1. The van der Waals surface area contributed by atoms with Crippen LogP contribution in [0.1, 0.15) is 22.8 Å². The van der Waals surface area contributed by atoms with Gasteiger partial charge in [0.05, 0.1) is 5.56 Å². The Kier molecular flexibility index (Phi) is 5.11. The maximum absolute atomic E-state index is 11.9. The fourth-order valence-corrected chi connectivity index (χ4v) is 2.21. The van der Waals surface area contributed by atoms with Crippen LogP contribution < -0.4 is 11.5 Å². The predicted octanol–water partition coefficient (Wildman–Crippen LogP) is 2.26. The molecule has 24 heavy (non-hydrogen) atoms. The number of carboxylic acid groups (broad SMARTS) is 1. The summed E-state index contributed by atoms with van der Waals surface area (Å²) < 4.78 is 0. The van der Waals surface area contributed by atoms with Gasteiger partial charge < -0.3 is 16.6 Å². The third kappa shape index (κ3) is 4.07. The highest BCUT2D eigenvalue weighted by Gasteiger charge is 2.09. The van der Waals surface area contributed by atoms with E-state index in [1.807, 2.05) is 30.3 Å². The smallest absolute Gasteiger partial charge is 0.335 e. The highest BCUT2D eigenvalue weighted by Crippen LogP contribution is 2.26. The monoisotopic (exact) mass is 323 g/mol. The lowest BCUT2D eigenvalue weighted by atomic mass is 9.97. The number of aromatic carboxylic acids is 1. The van der Waals surface area contributed by atoms with E-state index in [2.05, 4.69) is 4.99 Å². The predicted molar refractivity (Wildman–Crippen MR) is 93.3 cm³/mol. The van der Waals surface area contributed by atoms with Crippen molar-refractivity contribution in [1.29, 1.82) is 0 Å².